The number of aliphatic hydroxyl groups is 1. The summed E-state index contributed by atoms with van der Waals surface area (Å²) in [5, 5.41) is 7.57. The summed E-state index contributed by atoms with van der Waals surface area (Å²) in [5.41, 5.74) is 0. The summed E-state index contributed by atoms with van der Waals surface area (Å²) in [5.74, 6) is 0. The molecule has 0 saturated heterocycles. The number of hydrogen-bond donors (Lipinski definition) is 1. The fraction of sp³-hybridized carbons (Fsp3) is 1.00. The van der Waals surface area contributed by atoms with Crippen LogP contribution in [0.25, 0.3) is 0 Å². The minimum atomic E-state index is 0. The molecule has 0 unspecified atom stereocenters. The van der Waals surface area contributed by atoms with Crippen molar-refractivity contribution < 1.29 is 18.4 Å². The van der Waals surface area contributed by atoms with Crippen molar-refractivity contribution in [3.8, 4) is 0 Å². The van der Waals surface area contributed by atoms with Crippen molar-refractivity contribution in [2.75, 3.05) is 6.61 Å². The summed E-state index contributed by atoms with van der Waals surface area (Å²) in [6.07, 6.45) is 0. The van der Waals surface area contributed by atoms with E-state index in [9.17, 15) is 0 Å². The van der Waals surface area contributed by atoms with Crippen molar-refractivity contribution >= 4 is 63.4 Å². The molecule has 0 aromatic heterocycles. The Morgan fingerprint density at radius 2 is 1.57 bits per heavy atom. The molecule has 0 aliphatic heterocycles. The van der Waals surface area contributed by atoms with Gasteiger partial charge >= 0.3 is 76.7 Å². The zero-order chi connectivity index (χ0) is 5.41. The average Bonchev–Trinajstić information content (AvgIpc) is 1.39. The van der Waals surface area contributed by atoms with Gasteiger partial charge < -0.3 is 5.11 Å². The van der Waals surface area contributed by atoms with Crippen LogP contribution in [-0.2, 0) is 0 Å². The maximum atomic E-state index is 7.57. The second-order valence-corrected chi connectivity index (χ2v) is 16.6. The summed E-state index contributed by atoms with van der Waals surface area (Å²) >= 11 is 5.30. The van der Waals surface area contributed by atoms with Gasteiger partial charge in [-0.1, -0.05) is 0 Å². The molecule has 1 nitrogen and oxygen atoms in total. The first-order valence-corrected chi connectivity index (χ1v) is 13.9. The first-order chi connectivity index (χ1) is 2.83. The van der Waals surface area contributed by atoms with Crippen LogP contribution in [-0.4, -0.2) is 37.9 Å². The SMILES string of the molecule is CCO.I[I-]I.[BiH3]. The molecule has 0 saturated carbocycles. The van der Waals surface area contributed by atoms with Crippen LogP contribution >= 0.6 is 37.2 Å². The van der Waals surface area contributed by atoms with Gasteiger partial charge in [0.05, 0.1) is 0 Å². The second-order valence-electron chi connectivity index (χ2n) is 0.370. The third-order valence-electron chi connectivity index (χ3n) is 0. The van der Waals surface area contributed by atoms with Crippen LogP contribution in [0.4, 0.5) is 0 Å². The van der Waals surface area contributed by atoms with Crippen molar-refractivity contribution in [1.82, 2.24) is 0 Å². The molecule has 5 heteroatoms. The first kappa shape index (κ1) is 16.6. The van der Waals surface area contributed by atoms with Crippen LogP contribution in [0.1, 0.15) is 6.92 Å². The molecule has 50 valence electrons. The molecular formula is C2H9BiI3O-. The van der Waals surface area contributed by atoms with Crippen molar-refractivity contribution in [3.63, 3.8) is 0 Å². The Morgan fingerprint density at radius 3 is 1.57 bits per heavy atom. The molecule has 0 bridgehead atoms. The van der Waals surface area contributed by atoms with Crippen molar-refractivity contribution in [3.05, 3.63) is 0 Å². The standard InChI is InChI=1S/C2H6O.Bi.I3.3H/c1-2-3;;1-3-2;;;/h3H,2H2,1H3;;;;;/q;;-1;;;. The third-order valence-corrected chi connectivity index (χ3v) is 0. The molecule has 7 heavy (non-hydrogen) atoms. The molecule has 0 rings (SSSR count). The second kappa shape index (κ2) is 23.0. The number of aliphatic hydroxyl groups excluding tert-OH is 1. The van der Waals surface area contributed by atoms with Gasteiger partial charge in [-0.2, -0.15) is 0 Å². The van der Waals surface area contributed by atoms with Gasteiger partial charge in [0, 0.05) is 6.61 Å². The Morgan fingerprint density at radius 1 is 1.57 bits per heavy atom. The Bertz CT molecular complexity index is 14.9. The van der Waals surface area contributed by atoms with E-state index in [0.29, 0.717) is 13.3 Å². The molecule has 0 aliphatic rings. The number of halogens is 3. The van der Waals surface area contributed by atoms with Crippen molar-refractivity contribution in [2.24, 2.45) is 0 Å². The Labute approximate surface area is 93.1 Å². The Hall–Kier alpha value is 3.03. The fourth-order valence-corrected chi connectivity index (χ4v) is 0. The van der Waals surface area contributed by atoms with Crippen molar-refractivity contribution in [1.29, 1.82) is 0 Å². The van der Waals surface area contributed by atoms with E-state index in [1.54, 1.807) is 6.92 Å². The molecule has 1 N–H and O–H groups in total. The molecule has 0 heterocycles. The first-order valence-electron chi connectivity index (χ1n) is 1.31. The van der Waals surface area contributed by atoms with Gasteiger partial charge in [0.2, 0.25) is 0 Å². The molecule has 0 atom stereocenters. The van der Waals surface area contributed by atoms with E-state index < -0.39 is 0 Å². The van der Waals surface area contributed by atoms with Crippen LogP contribution in [0.5, 0.6) is 0 Å². The number of hydrogen-bond acceptors (Lipinski definition) is 1. The normalized spacial score (nSPS) is 5.71. The van der Waals surface area contributed by atoms with Gasteiger partial charge in [0.15, 0.2) is 0 Å². The van der Waals surface area contributed by atoms with Gasteiger partial charge in [-0.15, -0.1) is 0 Å². The third kappa shape index (κ3) is 48.6. The summed E-state index contributed by atoms with van der Waals surface area (Å²) < 4.78 is 0. The molecular weight excluding hydrogens is 630 g/mol. The Balaban J connectivity index is -0.0000000400. The van der Waals surface area contributed by atoms with E-state index in [1.165, 1.54) is 0 Å². The molecule has 0 fully saturated rings. The van der Waals surface area contributed by atoms with Crippen LogP contribution in [0.2, 0.25) is 0 Å². The van der Waals surface area contributed by atoms with E-state index in [4.69, 9.17) is 5.11 Å². The van der Waals surface area contributed by atoms with Crippen LogP contribution in [0.3, 0.4) is 0 Å². The monoisotopic (exact) mass is 639 g/mol. The molecule has 0 amide bonds. The molecule has 0 aliphatic carbocycles. The molecule has 0 aromatic rings. The molecule has 0 aromatic carbocycles. The predicted molar refractivity (Wildman–Crippen MR) is 50.7 cm³/mol. The van der Waals surface area contributed by atoms with Gasteiger partial charge in [-0.25, -0.2) is 0 Å². The number of rotatable bonds is 0. The summed E-state index contributed by atoms with van der Waals surface area (Å²) in [4.78, 5) is 0. The van der Waals surface area contributed by atoms with Crippen molar-refractivity contribution in [2.45, 2.75) is 6.92 Å². The van der Waals surface area contributed by atoms with E-state index in [-0.39, 0.29) is 32.8 Å². The molecule has 0 spiro atoms. The van der Waals surface area contributed by atoms with Gasteiger partial charge in [0.25, 0.3) is 0 Å². The van der Waals surface area contributed by atoms with E-state index in [0.717, 1.165) is 0 Å². The van der Waals surface area contributed by atoms with Gasteiger partial charge in [-0.3, -0.25) is 0 Å². The fourth-order valence-electron chi connectivity index (χ4n) is 0. The van der Waals surface area contributed by atoms with E-state index >= 15 is 0 Å². The minimum absolute atomic E-state index is 0. The van der Waals surface area contributed by atoms with Crippen LogP contribution < -0.4 is 13.3 Å². The Kier molecular flexibility index (Phi) is 54.4. The van der Waals surface area contributed by atoms with Gasteiger partial charge in [0.1, 0.15) is 0 Å². The zero-order valence-electron chi connectivity index (χ0n) is 4.00. The topological polar surface area (TPSA) is 20.2 Å². The van der Waals surface area contributed by atoms with Crippen LogP contribution in [0.15, 0.2) is 0 Å². The maximum absolute atomic E-state index is 7.57. The molecule has 0 radical (unpaired) electrons. The van der Waals surface area contributed by atoms with E-state index in [1.807, 2.05) is 0 Å². The zero-order valence-corrected chi connectivity index (χ0v) is 16.0. The van der Waals surface area contributed by atoms with Gasteiger partial charge in [-0.05, 0) is 6.92 Å². The summed E-state index contributed by atoms with van der Waals surface area (Å²) in [6, 6.07) is 0. The summed E-state index contributed by atoms with van der Waals surface area (Å²) in [6.45, 7) is 1.93. The summed E-state index contributed by atoms with van der Waals surface area (Å²) in [7, 11) is 0. The predicted octanol–water partition coefficient (Wildman–Crippen LogP) is -2.41. The van der Waals surface area contributed by atoms with Crippen LogP contribution in [0, 0.1) is 0 Å². The average molecular weight is 639 g/mol. The quantitative estimate of drug-likeness (QED) is 0.232. The van der Waals surface area contributed by atoms with E-state index in [2.05, 4.69) is 37.2 Å².